The molecule has 0 saturated carbocycles. The van der Waals surface area contributed by atoms with E-state index in [0.717, 1.165) is 42.0 Å². The van der Waals surface area contributed by atoms with Gasteiger partial charge in [-0.1, -0.05) is 44.0 Å². The van der Waals surface area contributed by atoms with Crippen molar-refractivity contribution in [3.63, 3.8) is 0 Å². The molecule has 0 aromatic heterocycles. The third kappa shape index (κ3) is 2.36. The molecular formula is C15H18O2. The molecule has 0 heterocycles. The fraction of sp³-hybridized carbons (Fsp3) is 0.333. The molecule has 0 bridgehead atoms. The second kappa shape index (κ2) is 5.09. The molecule has 17 heavy (non-hydrogen) atoms. The third-order valence-corrected chi connectivity index (χ3v) is 3.14. The van der Waals surface area contributed by atoms with Gasteiger partial charge in [-0.15, -0.1) is 0 Å². The highest BCUT2D eigenvalue weighted by Crippen LogP contribution is 2.36. The average Bonchev–Trinajstić information content (AvgIpc) is 2.34. The van der Waals surface area contributed by atoms with Crippen molar-refractivity contribution in [2.75, 3.05) is 0 Å². The quantitative estimate of drug-likeness (QED) is 0.616. The van der Waals surface area contributed by atoms with Crippen LogP contribution < -0.4 is 0 Å². The first-order valence-corrected chi connectivity index (χ1v) is 6.16. The number of hydrogen-bond donors (Lipinski definition) is 2. The highest BCUT2D eigenvalue weighted by atomic mass is 16.3. The Morgan fingerprint density at radius 3 is 2.59 bits per heavy atom. The summed E-state index contributed by atoms with van der Waals surface area (Å²) in [4.78, 5) is 0. The number of unbranched alkanes of at least 4 members (excludes halogenated alkanes) is 2. The lowest BCUT2D eigenvalue weighted by Gasteiger charge is -2.10. The van der Waals surface area contributed by atoms with Crippen LogP contribution in [0.5, 0.6) is 11.5 Å². The number of rotatable bonds is 4. The Balaban J connectivity index is 2.46. The summed E-state index contributed by atoms with van der Waals surface area (Å²) >= 11 is 0. The van der Waals surface area contributed by atoms with Crippen LogP contribution in [0.4, 0.5) is 0 Å². The number of phenolic OH excluding ortho intramolecular Hbond substituents is 2. The summed E-state index contributed by atoms with van der Waals surface area (Å²) in [5.41, 5.74) is 0.869. The first-order chi connectivity index (χ1) is 8.24. The zero-order valence-electron chi connectivity index (χ0n) is 10.1. The van der Waals surface area contributed by atoms with Crippen molar-refractivity contribution in [1.82, 2.24) is 0 Å². The number of fused-ring (bicyclic) bond motifs is 1. The fourth-order valence-corrected chi connectivity index (χ4v) is 2.20. The minimum absolute atomic E-state index is 0.0183. The molecule has 0 atom stereocenters. The lowest BCUT2D eigenvalue weighted by atomic mass is 9.98. The van der Waals surface area contributed by atoms with Gasteiger partial charge in [-0.2, -0.15) is 0 Å². The first kappa shape index (κ1) is 11.8. The minimum atomic E-state index is -0.0183. The summed E-state index contributed by atoms with van der Waals surface area (Å²) in [7, 11) is 0. The number of aromatic hydroxyl groups is 2. The first-order valence-electron chi connectivity index (χ1n) is 6.16. The van der Waals surface area contributed by atoms with Gasteiger partial charge in [-0.05, 0) is 29.7 Å². The monoisotopic (exact) mass is 230 g/mol. The Hall–Kier alpha value is -1.70. The van der Waals surface area contributed by atoms with E-state index in [4.69, 9.17) is 0 Å². The molecule has 2 aromatic rings. The number of hydrogen-bond acceptors (Lipinski definition) is 2. The van der Waals surface area contributed by atoms with Crippen LogP contribution in [-0.2, 0) is 6.42 Å². The van der Waals surface area contributed by atoms with E-state index in [-0.39, 0.29) is 11.5 Å². The van der Waals surface area contributed by atoms with E-state index >= 15 is 0 Å². The molecule has 90 valence electrons. The van der Waals surface area contributed by atoms with Crippen LogP contribution >= 0.6 is 0 Å². The number of phenols is 2. The molecular weight excluding hydrogens is 212 g/mol. The third-order valence-electron chi connectivity index (χ3n) is 3.14. The van der Waals surface area contributed by atoms with Gasteiger partial charge in [0.05, 0.1) is 0 Å². The zero-order chi connectivity index (χ0) is 12.3. The van der Waals surface area contributed by atoms with Crippen LogP contribution in [0.25, 0.3) is 10.8 Å². The van der Waals surface area contributed by atoms with Gasteiger partial charge in [0.2, 0.25) is 0 Å². The summed E-state index contributed by atoms with van der Waals surface area (Å²) < 4.78 is 0. The van der Waals surface area contributed by atoms with Gasteiger partial charge in [0.1, 0.15) is 0 Å². The predicted octanol–water partition coefficient (Wildman–Crippen LogP) is 3.98. The van der Waals surface area contributed by atoms with Gasteiger partial charge in [-0.3, -0.25) is 0 Å². The summed E-state index contributed by atoms with van der Waals surface area (Å²) in [6, 6.07) is 9.47. The fourth-order valence-electron chi connectivity index (χ4n) is 2.20. The Labute approximate surface area is 102 Å². The van der Waals surface area contributed by atoms with E-state index in [9.17, 15) is 10.2 Å². The van der Waals surface area contributed by atoms with Crippen LogP contribution in [0.15, 0.2) is 30.3 Å². The SMILES string of the molecule is CCCCCc1c(O)c(O)cc2ccccc12. The zero-order valence-corrected chi connectivity index (χ0v) is 10.1. The number of aryl methyl sites for hydroxylation is 1. The largest absolute Gasteiger partial charge is 0.504 e. The van der Waals surface area contributed by atoms with Crippen LogP contribution in [0, 0.1) is 0 Å². The van der Waals surface area contributed by atoms with Crippen LogP contribution in [0.3, 0.4) is 0 Å². The molecule has 0 saturated heterocycles. The molecule has 0 aliphatic rings. The van der Waals surface area contributed by atoms with E-state index in [1.54, 1.807) is 6.07 Å². The molecule has 2 N–H and O–H groups in total. The molecule has 0 aliphatic heterocycles. The molecule has 0 amide bonds. The average molecular weight is 230 g/mol. The minimum Gasteiger partial charge on any atom is -0.504 e. The maximum absolute atomic E-state index is 9.94. The summed E-state index contributed by atoms with van der Waals surface area (Å²) in [6.07, 6.45) is 4.15. The van der Waals surface area contributed by atoms with Gasteiger partial charge >= 0.3 is 0 Å². The van der Waals surface area contributed by atoms with Gasteiger partial charge in [-0.25, -0.2) is 0 Å². The van der Waals surface area contributed by atoms with Crippen molar-refractivity contribution < 1.29 is 10.2 Å². The number of benzene rings is 2. The highest BCUT2D eigenvalue weighted by Gasteiger charge is 2.11. The van der Waals surface area contributed by atoms with Crippen molar-refractivity contribution >= 4 is 10.8 Å². The van der Waals surface area contributed by atoms with Crippen molar-refractivity contribution in [2.45, 2.75) is 32.6 Å². The van der Waals surface area contributed by atoms with E-state index in [0.29, 0.717) is 0 Å². The lowest BCUT2D eigenvalue weighted by molar-refractivity contribution is 0.400. The summed E-state index contributed by atoms with van der Waals surface area (Å²) in [5, 5.41) is 21.7. The van der Waals surface area contributed by atoms with E-state index in [1.807, 2.05) is 24.3 Å². The van der Waals surface area contributed by atoms with Gasteiger partial charge in [0.15, 0.2) is 11.5 Å². The normalized spacial score (nSPS) is 10.9. The standard InChI is InChI=1S/C15H18O2/c1-2-3-4-9-13-12-8-6-5-7-11(12)10-14(16)15(13)17/h5-8,10,16-17H,2-4,9H2,1H3. The van der Waals surface area contributed by atoms with Crippen molar-refractivity contribution in [1.29, 1.82) is 0 Å². The molecule has 0 spiro atoms. The maximum atomic E-state index is 9.94. The molecule has 2 heteroatoms. The lowest BCUT2D eigenvalue weighted by Crippen LogP contribution is -1.89. The van der Waals surface area contributed by atoms with Crippen molar-refractivity contribution in [2.24, 2.45) is 0 Å². The van der Waals surface area contributed by atoms with Gasteiger partial charge < -0.3 is 10.2 Å². The van der Waals surface area contributed by atoms with E-state index in [1.165, 1.54) is 0 Å². The summed E-state index contributed by atoms with van der Waals surface area (Å²) in [5.74, 6) is 0.0231. The Morgan fingerprint density at radius 1 is 1.06 bits per heavy atom. The summed E-state index contributed by atoms with van der Waals surface area (Å²) in [6.45, 7) is 2.15. The Kier molecular flexibility index (Phi) is 3.52. The Morgan fingerprint density at radius 2 is 1.82 bits per heavy atom. The predicted molar refractivity (Wildman–Crippen MR) is 70.5 cm³/mol. The molecule has 2 rings (SSSR count). The second-order valence-electron chi connectivity index (χ2n) is 4.40. The molecule has 2 nitrogen and oxygen atoms in total. The maximum Gasteiger partial charge on any atom is 0.161 e. The smallest absolute Gasteiger partial charge is 0.161 e. The molecule has 0 aliphatic carbocycles. The molecule has 0 unspecified atom stereocenters. The highest BCUT2D eigenvalue weighted by molar-refractivity contribution is 5.89. The van der Waals surface area contributed by atoms with Crippen molar-refractivity contribution in [3.05, 3.63) is 35.9 Å². The molecule has 0 fully saturated rings. The van der Waals surface area contributed by atoms with Gasteiger partial charge in [0.25, 0.3) is 0 Å². The van der Waals surface area contributed by atoms with Crippen LogP contribution in [0.1, 0.15) is 31.7 Å². The van der Waals surface area contributed by atoms with E-state index in [2.05, 4.69) is 6.92 Å². The van der Waals surface area contributed by atoms with Crippen LogP contribution in [-0.4, -0.2) is 10.2 Å². The molecule has 0 radical (unpaired) electrons. The van der Waals surface area contributed by atoms with E-state index < -0.39 is 0 Å². The van der Waals surface area contributed by atoms with Gasteiger partial charge in [0, 0.05) is 5.56 Å². The van der Waals surface area contributed by atoms with Crippen molar-refractivity contribution in [3.8, 4) is 11.5 Å². The second-order valence-corrected chi connectivity index (χ2v) is 4.40. The van der Waals surface area contributed by atoms with Crippen LogP contribution in [0.2, 0.25) is 0 Å². The topological polar surface area (TPSA) is 40.5 Å². The Bertz CT molecular complexity index is 518. The molecule has 2 aromatic carbocycles.